The number of H-pyrrole nitrogens is 2. The number of rotatable bonds is 8. The van der Waals surface area contributed by atoms with Gasteiger partial charge in [-0.1, -0.05) is 315 Å². The molecule has 2 aliphatic heterocycles. The highest BCUT2D eigenvalue weighted by Crippen LogP contribution is 2.52. The van der Waals surface area contributed by atoms with Gasteiger partial charge in [-0.3, -0.25) is 0 Å². The summed E-state index contributed by atoms with van der Waals surface area (Å²) in [5.41, 5.74) is 29.0. The fraction of sp³-hybridized carbons (Fsp3) is 0. The van der Waals surface area contributed by atoms with E-state index in [4.69, 9.17) is 9.97 Å². The van der Waals surface area contributed by atoms with Crippen LogP contribution >= 0.6 is 0 Å². The van der Waals surface area contributed by atoms with Gasteiger partial charge >= 0.3 is 0 Å². The van der Waals surface area contributed by atoms with Crippen molar-refractivity contribution in [3.8, 4) is 134 Å². The Bertz CT molecular complexity index is 4690. The normalized spacial score (nSPS) is 11.6. The monoisotopic (exact) mass is 1120 g/mol. The van der Waals surface area contributed by atoms with E-state index < -0.39 is 0 Å². The average Bonchev–Trinajstić information content (AvgIpc) is 2.48. The van der Waals surface area contributed by atoms with Gasteiger partial charge in [0, 0.05) is 66.1 Å². The van der Waals surface area contributed by atoms with Crippen molar-refractivity contribution in [2.24, 2.45) is 0 Å². The second-order valence-electron chi connectivity index (χ2n) is 22.8. The molecule has 0 radical (unpaired) electrons. The SMILES string of the molecule is c1ccc(-c2ccc(-c3c4nc(c(-c5ccc(-c6ccccc6)cc5)c5[nH]c(c(-c6ccc(-c7ccccc7)cc6)c6nc(c(-c7ccc(-c8ccccc8)cc7)c7[nH]c3c3ccccc73)-c3ccccc3-6)c3ccccc53)-c3ccccc3-4)cc2)cc1. The molecular formula is C84H54N4. The largest absolute Gasteiger partial charge is 0.353 e. The fourth-order valence-electron chi connectivity index (χ4n) is 13.6. The lowest BCUT2D eigenvalue weighted by Gasteiger charge is -2.10. The van der Waals surface area contributed by atoms with Crippen molar-refractivity contribution in [2.75, 3.05) is 0 Å². The molecule has 4 heterocycles. The number of hydrogen-bond donors (Lipinski definition) is 2. The molecule has 0 fully saturated rings. The van der Waals surface area contributed by atoms with E-state index in [0.717, 1.165) is 178 Å². The Morgan fingerprint density at radius 1 is 0.159 bits per heavy atom. The van der Waals surface area contributed by atoms with Crippen molar-refractivity contribution >= 4 is 43.6 Å². The second-order valence-corrected chi connectivity index (χ2v) is 22.8. The van der Waals surface area contributed by atoms with E-state index in [1.54, 1.807) is 0 Å². The lowest BCUT2D eigenvalue weighted by Crippen LogP contribution is -1.89. The van der Waals surface area contributed by atoms with Crippen molar-refractivity contribution < 1.29 is 0 Å². The molecule has 1 aliphatic carbocycles. The van der Waals surface area contributed by atoms with Crippen LogP contribution in [0.5, 0.6) is 0 Å². The molecule has 0 atom stereocenters. The van der Waals surface area contributed by atoms with Crippen molar-refractivity contribution in [2.45, 2.75) is 0 Å². The van der Waals surface area contributed by atoms with E-state index in [1.807, 2.05) is 0 Å². The number of hydrogen-bond acceptors (Lipinski definition) is 2. The number of benzene rings is 12. The molecule has 410 valence electrons. The third-order valence-corrected chi connectivity index (χ3v) is 17.8. The van der Waals surface area contributed by atoms with Gasteiger partial charge in [-0.05, 0) is 66.8 Å². The Labute approximate surface area is 510 Å². The maximum absolute atomic E-state index is 6.12. The van der Waals surface area contributed by atoms with Crippen LogP contribution in [0.4, 0.5) is 0 Å². The Kier molecular flexibility index (Phi) is 12.2. The second kappa shape index (κ2) is 21.1. The number of aromatic nitrogens is 4. The quantitative estimate of drug-likeness (QED) is 0.159. The third-order valence-electron chi connectivity index (χ3n) is 17.8. The van der Waals surface area contributed by atoms with Crippen LogP contribution in [-0.4, -0.2) is 19.9 Å². The van der Waals surface area contributed by atoms with E-state index in [-0.39, 0.29) is 0 Å². The molecule has 0 amide bonds. The number of nitrogens with one attached hydrogen (secondary N) is 2. The predicted molar refractivity (Wildman–Crippen MR) is 368 cm³/mol. The Hall–Kier alpha value is -11.7. The molecule has 14 aromatic rings. The lowest BCUT2D eigenvalue weighted by atomic mass is 9.92. The number of aromatic amines is 2. The van der Waals surface area contributed by atoms with Crippen LogP contribution in [0.25, 0.3) is 178 Å². The van der Waals surface area contributed by atoms with Crippen molar-refractivity contribution in [3.63, 3.8) is 0 Å². The van der Waals surface area contributed by atoms with E-state index >= 15 is 0 Å². The van der Waals surface area contributed by atoms with E-state index in [2.05, 4.69) is 325 Å². The highest BCUT2D eigenvalue weighted by Gasteiger charge is 2.30. The minimum atomic E-state index is 0.886. The minimum absolute atomic E-state index is 0.886. The maximum Gasteiger partial charge on any atom is 0.0816 e. The van der Waals surface area contributed by atoms with Gasteiger partial charge in [0.05, 0.1) is 44.8 Å². The first-order chi connectivity index (χ1) is 43.7. The van der Waals surface area contributed by atoms with Crippen molar-refractivity contribution in [3.05, 3.63) is 315 Å². The summed E-state index contributed by atoms with van der Waals surface area (Å²) in [5.74, 6) is 0. The molecule has 88 heavy (non-hydrogen) atoms. The molecule has 2 N–H and O–H groups in total. The van der Waals surface area contributed by atoms with Gasteiger partial charge in [-0.2, -0.15) is 0 Å². The Morgan fingerprint density at radius 2 is 0.330 bits per heavy atom. The van der Waals surface area contributed by atoms with Crippen LogP contribution in [0, 0.1) is 0 Å². The molecule has 3 aliphatic rings. The van der Waals surface area contributed by atoms with Gasteiger partial charge in [0.25, 0.3) is 0 Å². The molecule has 17 rings (SSSR count). The summed E-state index contributed by atoms with van der Waals surface area (Å²) in [6, 6.07) is 114. The number of nitrogens with zero attached hydrogens (tertiary/aromatic N) is 2. The van der Waals surface area contributed by atoms with Gasteiger partial charge in [0.2, 0.25) is 0 Å². The van der Waals surface area contributed by atoms with E-state index in [9.17, 15) is 0 Å². The maximum atomic E-state index is 6.12. The summed E-state index contributed by atoms with van der Waals surface area (Å²) in [7, 11) is 0. The smallest absolute Gasteiger partial charge is 0.0816 e. The van der Waals surface area contributed by atoms with Crippen LogP contribution < -0.4 is 0 Å². The van der Waals surface area contributed by atoms with Gasteiger partial charge in [0.15, 0.2) is 0 Å². The summed E-state index contributed by atoms with van der Waals surface area (Å²) in [6.07, 6.45) is 0. The summed E-state index contributed by atoms with van der Waals surface area (Å²) < 4.78 is 0. The molecule has 0 saturated heterocycles. The first-order valence-corrected chi connectivity index (χ1v) is 30.1. The van der Waals surface area contributed by atoms with Gasteiger partial charge in [-0.25, -0.2) is 9.97 Å². The third kappa shape index (κ3) is 8.53. The summed E-state index contributed by atoms with van der Waals surface area (Å²) in [4.78, 5) is 20.8. The molecule has 0 unspecified atom stereocenters. The Morgan fingerprint density at radius 3 is 0.545 bits per heavy atom. The van der Waals surface area contributed by atoms with Gasteiger partial charge < -0.3 is 9.97 Å². The molecule has 8 bridgehead atoms. The summed E-state index contributed by atoms with van der Waals surface area (Å²) in [5, 5.41) is 4.33. The average molecular weight is 1120 g/mol. The molecule has 4 nitrogen and oxygen atoms in total. The summed E-state index contributed by atoms with van der Waals surface area (Å²) in [6.45, 7) is 0. The van der Waals surface area contributed by atoms with Crippen LogP contribution in [0.3, 0.4) is 0 Å². The zero-order valence-electron chi connectivity index (χ0n) is 47.9. The van der Waals surface area contributed by atoms with E-state index in [1.165, 1.54) is 0 Å². The van der Waals surface area contributed by atoms with Gasteiger partial charge in [0.1, 0.15) is 0 Å². The zero-order valence-corrected chi connectivity index (χ0v) is 47.9. The predicted octanol–water partition coefficient (Wildman–Crippen LogP) is 22.6. The first kappa shape index (κ1) is 50.8. The molecule has 4 heteroatoms. The molecular weight excluding hydrogens is 1060 g/mol. The summed E-state index contributed by atoms with van der Waals surface area (Å²) >= 11 is 0. The Balaban J connectivity index is 1.09. The lowest BCUT2D eigenvalue weighted by molar-refractivity contribution is 1.39. The highest BCUT2D eigenvalue weighted by molar-refractivity contribution is 6.21. The van der Waals surface area contributed by atoms with Crippen LogP contribution in [0.15, 0.2) is 315 Å². The minimum Gasteiger partial charge on any atom is -0.353 e. The fourth-order valence-corrected chi connectivity index (χ4v) is 13.6. The highest BCUT2D eigenvalue weighted by atomic mass is 14.8. The van der Waals surface area contributed by atoms with Crippen molar-refractivity contribution in [1.82, 2.24) is 19.9 Å². The molecule has 0 spiro atoms. The van der Waals surface area contributed by atoms with Crippen LogP contribution in [-0.2, 0) is 0 Å². The van der Waals surface area contributed by atoms with Crippen LogP contribution in [0.2, 0.25) is 0 Å². The zero-order chi connectivity index (χ0) is 58.1. The topological polar surface area (TPSA) is 57.4 Å². The first-order valence-electron chi connectivity index (χ1n) is 30.1. The standard InChI is InChI=1S/C84H54N4/c1-5-21-53(22-6-1)57-37-45-61(46-38-57)73-77-65-29-13-15-31-67(65)79(85-77)74(62-47-39-58(40-48-62)54-23-7-2-8-24-54)81-69-33-17-19-35-71(69)83(87-81)76(64-51-43-60(44-52-64)56-27-11-4-12-28-56)84-72-36-20-18-34-70(72)82(88-84)75(80-68-32-16-14-30-66(68)78(73)86-80)63-49-41-59(42-50-63)55-25-9-3-10-26-55/h1-52,85,88H. The van der Waals surface area contributed by atoms with Crippen molar-refractivity contribution in [1.29, 1.82) is 0 Å². The van der Waals surface area contributed by atoms with Gasteiger partial charge in [-0.15, -0.1) is 0 Å². The molecule has 2 aromatic heterocycles. The molecule has 0 saturated carbocycles. The molecule has 12 aromatic carbocycles. The van der Waals surface area contributed by atoms with E-state index in [0.29, 0.717) is 0 Å². The van der Waals surface area contributed by atoms with Crippen LogP contribution in [0.1, 0.15) is 0 Å².